The van der Waals surface area contributed by atoms with E-state index in [-0.39, 0.29) is 5.57 Å². The Bertz CT molecular complexity index is 321. The number of hydrogen-bond donors (Lipinski definition) is 1. The molecule has 0 saturated carbocycles. The van der Waals surface area contributed by atoms with Crippen molar-refractivity contribution in [1.29, 1.82) is 0 Å². The number of carboxylic acid groups (broad SMARTS) is 1. The lowest BCUT2D eigenvalue weighted by Crippen LogP contribution is -2.06. The van der Waals surface area contributed by atoms with Crippen LogP contribution >= 0.6 is 0 Å². The second-order valence-corrected chi connectivity index (χ2v) is 5.82. The zero-order valence-corrected chi connectivity index (χ0v) is 14.2. The Balaban J connectivity index is 0.000000164. The van der Waals surface area contributed by atoms with Gasteiger partial charge in [0.25, 0.3) is 0 Å². The van der Waals surface area contributed by atoms with Crippen LogP contribution in [-0.4, -0.2) is 75.1 Å². The van der Waals surface area contributed by atoms with Crippen LogP contribution in [0.3, 0.4) is 0 Å². The van der Waals surface area contributed by atoms with Gasteiger partial charge in [0.2, 0.25) is 0 Å². The summed E-state index contributed by atoms with van der Waals surface area (Å²) in [4.78, 5) is 9.60. The average molecular weight is 332 g/mol. The molecular formula is C16H28O7. The van der Waals surface area contributed by atoms with Gasteiger partial charge in [0, 0.05) is 5.57 Å². The Morgan fingerprint density at radius 1 is 1.00 bits per heavy atom. The van der Waals surface area contributed by atoms with Crippen LogP contribution in [0.15, 0.2) is 12.2 Å². The number of epoxide rings is 4. The minimum absolute atomic E-state index is 0.176. The van der Waals surface area contributed by atoms with Crippen molar-refractivity contribution in [3.63, 3.8) is 0 Å². The Morgan fingerprint density at radius 2 is 1.26 bits per heavy atom. The summed E-state index contributed by atoms with van der Waals surface area (Å²) in [5, 5.41) is 7.89. The van der Waals surface area contributed by atoms with Gasteiger partial charge < -0.3 is 28.8 Å². The molecule has 0 bridgehead atoms. The molecule has 0 aromatic carbocycles. The van der Waals surface area contributed by atoms with E-state index in [2.05, 4.69) is 20.4 Å². The Kier molecular flexibility index (Phi) is 9.35. The van der Waals surface area contributed by atoms with Gasteiger partial charge in [0.15, 0.2) is 0 Å². The first-order valence-electron chi connectivity index (χ1n) is 7.81. The molecule has 4 saturated heterocycles. The summed E-state index contributed by atoms with van der Waals surface area (Å²) in [5.74, 6) is -0.935. The molecule has 4 unspecified atom stereocenters. The number of aliphatic carboxylic acids is 1. The molecule has 0 amide bonds. The quantitative estimate of drug-likeness (QED) is 0.598. The Labute approximate surface area is 137 Å². The highest BCUT2D eigenvalue weighted by Gasteiger charge is 2.26. The molecule has 0 aliphatic carbocycles. The van der Waals surface area contributed by atoms with Crippen molar-refractivity contribution in [1.82, 2.24) is 0 Å². The standard InChI is InChI=1S/C6H10O3.C4H6O2.2C3H6O/c1(5-3-8-5)7-2-6-4-9-6;1-3(2)4(5)6;2*1-3-2-4-3/h5-6H,1-4H2;1H2,2H3,(H,5,6);2*3H,2H2,1H3. The van der Waals surface area contributed by atoms with E-state index in [0.717, 1.165) is 39.6 Å². The van der Waals surface area contributed by atoms with E-state index < -0.39 is 5.97 Å². The van der Waals surface area contributed by atoms with Crippen LogP contribution in [0.4, 0.5) is 0 Å². The van der Waals surface area contributed by atoms with Crippen molar-refractivity contribution in [2.24, 2.45) is 0 Å². The van der Waals surface area contributed by atoms with Gasteiger partial charge in [-0.15, -0.1) is 0 Å². The lowest BCUT2D eigenvalue weighted by molar-refractivity contribution is -0.132. The van der Waals surface area contributed by atoms with Crippen LogP contribution in [0.2, 0.25) is 0 Å². The highest BCUT2D eigenvalue weighted by molar-refractivity contribution is 5.84. The number of hydrogen-bond acceptors (Lipinski definition) is 6. The summed E-state index contributed by atoms with van der Waals surface area (Å²) >= 11 is 0. The summed E-state index contributed by atoms with van der Waals surface area (Å²) in [7, 11) is 0. The SMILES string of the molecule is C(OCC1CO1)C1CO1.C=C(C)C(=O)O.CC1CO1.CC1CO1. The average Bonchev–Trinajstić information content (AvgIpc) is 3.34. The van der Waals surface area contributed by atoms with Crippen LogP contribution in [0.5, 0.6) is 0 Å². The second kappa shape index (κ2) is 10.7. The lowest BCUT2D eigenvalue weighted by atomic mass is 10.4. The molecule has 0 aromatic heterocycles. The minimum Gasteiger partial charge on any atom is -0.478 e. The van der Waals surface area contributed by atoms with E-state index in [1.54, 1.807) is 0 Å². The third kappa shape index (κ3) is 17.2. The molecule has 4 fully saturated rings. The molecule has 4 aliphatic rings. The summed E-state index contributed by atoms with van der Waals surface area (Å²) in [6.07, 6.45) is 1.95. The maximum absolute atomic E-state index is 9.60. The lowest BCUT2D eigenvalue weighted by Gasteiger charge is -1.95. The van der Waals surface area contributed by atoms with Gasteiger partial charge in [-0.05, 0) is 20.8 Å². The van der Waals surface area contributed by atoms with Crippen molar-refractivity contribution < 1.29 is 33.6 Å². The molecule has 7 heteroatoms. The van der Waals surface area contributed by atoms with E-state index in [0.29, 0.717) is 24.4 Å². The fourth-order valence-electron chi connectivity index (χ4n) is 0.852. The van der Waals surface area contributed by atoms with Crippen molar-refractivity contribution in [2.75, 3.05) is 39.6 Å². The van der Waals surface area contributed by atoms with Gasteiger partial charge in [-0.1, -0.05) is 6.58 Å². The van der Waals surface area contributed by atoms with Crippen molar-refractivity contribution in [3.8, 4) is 0 Å². The van der Waals surface area contributed by atoms with Gasteiger partial charge in [0.1, 0.15) is 12.2 Å². The van der Waals surface area contributed by atoms with E-state index in [9.17, 15) is 4.79 Å². The molecule has 1 N–H and O–H groups in total. The van der Waals surface area contributed by atoms with E-state index in [1.807, 2.05) is 0 Å². The summed E-state index contributed by atoms with van der Waals surface area (Å²) in [5.41, 5.74) is 0.176. The van der Waals surface area contributed by atoms with Gasteiger partial charge in [-0.3, -0.25) is 0 Å². The first-order valence-corrected chi connectivity index (χ1v) is 7.81. The predicted octanol–water partition coefficient (Wildman–Crippen LogP) is 1.26. The van der Waals surface area contributed by atoms with Gasteiger partial charge in [-0.25, -0.2) is 4.79 Å². The van der Waals surface area contributed by atoms with Gasteiger partial charge in [-0.2, -0.15) is 0 Å². The smallest absolute Gasteiger partial charge is 0.330 e. The van der Waals surface area contributed by atoms with E-state index in [1.165, 1.54) is 6.92 Å². The third-order valence-corrected chi connectivity index (χ3v) is 2.78. The summed E-state index contributed by atoms with van der Waals surface area (Å²) in [6, 6.07) is 0. The fourth-order valence-corrected chi connectivity index (χ4v) is 0.852. The maximum atomic E-state index is 9.60. The molecule has 4 heterocycles. The molecule has 4 aliphatic heterocycles. The zero-order chi connectivity index (χ0) is 17.2. The zero-order valence-electron chi connectivity index (χ0n) is 14.2. The second-order valence-electron chi connectivity index (χ2n) is 5.82. The monoisotopic (exact) mass is 332 g/mol. The highest BCUT2D eigenvalue weighted by Crippen LogP contribution is 2.12. The fraction of sp³-hybridized carbons (Fsp3) is 0.812. The highest BCUT2D eigenvalue weighted by atomic mass is 16.6. The normalized spacial score (nSPS) is 30.9. The molecule has 0 aromatic rings. The summed E-state index contributed by atoms with van der Waals surface area (Å²) < 4.78 is 24.5. The van der Waals surface area contributed by atoms with E-state index in [4.69, 9.17) is 28.8 Å². The van der Waals surface area contributed by atoms with Crippen molar-refractivity contribution >= 4 is 5.97 Å². The Morgan fingerprint density at radius 3 is 1.39 bits per heavy atom. The molecule has 23 heavy (non-hydrogen) atoms. The molecule has 0 radical (unpaired) electrons. The maximum Gasteiger partial charge on any atom is 0.330 e. The largest absolute Gasteiger partial charge is 0.478 e. The van der Waals surface area contributed by atoms with Gasteiger partial charge in [0.05, 0.1) is 51.8 Å². The van der Waals surface area contributed by atoms with Crippen LogP contribution in [0.25, 0.3) is 0 Å². The van der Waals surface area contributed by atoms with Crippen LogP contribution in [-0.2, 0) is 28.5 Å². The van der Waals surface area contributed by atoms with Crippen molar-refractivity contribution in [2.45, 2.75) is 45.2 Å². The molecule has 4 atom stereocenters. The number of ether oxygens (including phenoxy) is 5. The van der Waals surface area contributed by atoms with Crippen molar-refractivity contribution in [3.05, 3.63) is 12.2 Å². The minimum atomic E-state index is -0.935. The molecular weight excluding hydrogens is 304 g/mol. The first-order chi connectivity index (χ1) is 10.9. The van der Waals surface area contributed by atoms with Crippen LogP contribution in [0.1, 0.15) is 20.8 Å². The number of carbonyl (C=O) groups is 1. The van der Waals surface area contributed by atoms with Gasteiger partial charge >= 0.3 is 5.97 Å². The van der Waals surface area contributed by atoms with Crippen LogP contribution < -0.4 is 0 Å². The molecule has 4 rings (SSSR count). The third-order valence-electron chi connectivity index (χ3n) is 2.78. The molecule has 0 spiro atoms. The summed E-state index contributed by atoms with van der Waals surface area (Å²) in [6.45, 7) is 13.9. The predicted molar refractivity (Wildman–Crippen MR) is 83.6 cm³/mol. The topological polar surface area (TPSA) is 96.7 Å². The molecule has 7 nitrogen and oxygen atoms in total. The Hall–Kier alpha value is -0.990. The number of carboxylic acids is 1. The number of rotatable bonds is 5. The molecule has 134 valence electrons. The van der Waals surface area contributed by atoms with E-state index >= 15 is 0 Å². The first kappa shape index (κ1) is 20.1. The van der Waals surface area contributed by atoms with Crippen LogP contribution in [0, 0.1) is 0 Å².